The van der Waals surface area contributed by atoms with Gasteiger partial charge >= 0.3 is 5.97 Å². The number of nitrogens with zero attached hydrogens (tertiary/aromatic N) is 1. The van der Waals surface area contributed by atoms with E-state index in [1.165, 1.54) is 18.4 Å². The average molecular weight is 292 g/mol. The van der Waals surface area contributed by atoms with Crippen molar-refractivity contribution in [3.05, 3.63) is 29.6 Å². The van der Waals surface area contributed by atoms with Gasteiger partial charge in [-0.3, -0.25) is 4.79 Å². The fraction of sp³-hybridized carbons (Fsp3) is 0.286. The number of carbonyl (C=O) groups is 1. The molecule has 0 unspecified atom stereocenters. The Morgan fingerprint density at radius 3 is 2.70 bits per heavy atom. The van der Waals surface area contributed by atoms with Crippen LogP contribution in [0.2, 0.25) is 0 Å². The molecule has 0 saturated carbocycles. The minimum atomic E-state index is -0.232. The van der Waals surface area contributed by atoms with Crippen molar-refractivity contribution in [3.8, 4) is 17.0 Å². The monoisotopic (exact) mass is 292 g/mol. The Balaban J connectivity index is 1.95. The van der Waals surface area contributed by atoms with E-state index in [9.17, 15) is 4.79 Å². The largest absolute Gasteiger partial charge is 0.497 e. The number of thiazole rings is 1. The molecule has 0 aliphatic heterocycles. The number of hydrogen-bond donors (Lipinski definition) is 1. The lowest BCUT2D eigenvalue weighted by Gasteiger charge is -2.02. The maximum Gasteiger partial charge on any atom is 0.307 e. The van der Waals surface area contributed by atoms with Gasteiger partial charge in [-0.1, -0.05) is 0 Å². The molecule has 0 aliphatic rings. The maximum atomic E-state index is 11.0. The molecule has 1 heterocycles. The number of rotatable bonds is 6. The van der Waals surface area contributed by atoms with Crippen molar-refractivity contribution in [2.75, 3.05) is 26.1 Å². The van der Waals surface area contributed by atoms with Gasteiger partial charge in [0.1, 0.15) is 5.75 Å². The van der Waals surface area contributed by atoms with Crippen molar-refractivity contribution in [3.63, 3.8) is 0 Å². The van der Waals surface area contributed by atoms with Crippen molar-refractivity contribution in [1.82, 2.24) is 4.98 Å². The Kier molecular flexibility index (Phi) is 4.95. The first-order chi connectivity index (χ1) is 9.72. The molecule has 20 heavy (non-hydrogen) atoms. The van der Waals surface area contributed by atoms with Crippen molar-refractivity contribution in [2.24, 2.45) is 0 Å². The minimum absolute atomic E-state index is 0.232. The summed E-state index contributed by atoms with van der Waals surface area (Å²) in [7, 11) is 3.02. The summed E-state index contributed by atoms with van der Waals surface area (Å²) < 4.78 is 9.70. The van der Waals surface area contributed by atoms with Crippen molar-refractivity contribution in [1.29, 1.82) is 0 Å². The SMILES string of the molecule is COC(=O)CCNc1nc(-c2ccc(OC)cc2)cs1. The van der Waals surface area contributed by atoms with E-state index in [0.29, 0.717) is 13.0 Å². The molecular weight excluding hydrogens is 276 g/mol. The van der Waals surface area contributed by atoms with Gasteiger partial charge in [0.15, 0.2) is 5.13 Å². The van der Waals surface area contributed by atoms with E-state index in [1.54, 1.807) is 7.11 Å². The average Bonchev–Trinajstić information content (AvgIpc) is 2.96. The predicted octanol–water partition coefficient (Wildman–Crippen LogP) is 2.79. The first kappa shape index (κ1) is 14.3. The van der Waals surface area contributed by atoms with Crippen LogP contribution in [-0.2, 0) is 9.53 Å². The van der Waals surface area contributed by atoms with E-state index in [-0.39, 0.29) is 5.97 Å². The molecule has 6 heteroatoms. The predicted molar refractivity (Wildman–Crippen MR) is 79.2 cm³/mol. The van der Waals surface area contributed by atoms with E-state index in [1.807, 2.05) is 29.6 Å². The third-order valence-electron chi connectivity index (χ3n) is 2.72. The third-order valence-corrected chi connectivity index (χ3v) is 3.52. The van der Waals surface area contributed by atoms with Crippen LogP contribution < -0.4 is 10.1 Å². The van der Waals surface area contributed by atoms with Crippen LogP contribution in [0.5, 0.6) is 5.75 Å². The molecule has 0 aliphatic carbocycles. The van der Waals surface area contributed by atoms with Crippen LogP contribution in [0.4, 0.5) is 5.13 Å². The highest BCUT2D eigenvalue weighted by Gasteiger charge is 2.05. The highest BCUT2D eigenvalue weighted by molar-refractivity contribution is 7.14. The summed E-state index contributed by atoms with van der Waals surface area (Å²) in [6.45, 7) is 0.516. The van der Waals surface area contributed by atoms with E-state index in [2.05, 4.69) is 15.0 Å². The Hall–Kier alpha value is -2.08. The lowest BCUT2D eigenvalue weighted by atomic mass is 10.2. The Morgan fingerprint density at radius 1 is 1.30 bits per heavy atom. The molecule has 106 valence electrons. The lowest BCUT2D eigenvalue weighted by molar-refractivity contribution is -0.140. The summed E-state index contributed by atoms with van der Waals surface area (Å²) in [4.78, 5) is 15.5. The fourth-order valence-corrected chi connectivity index (χ4v) is 2.37. The number of benzene rings is 1. The number of nitrogens with one attached hydrogen (secondary N) is 1. The van der Waals surface area contributed by atoms with Gasteiger partial charge in [0.05, 0.1) is 26.3 Å². The molecule has 0 radical (unpaired) electrons. The Labute approximate surface area is 121 Å². The second-order valence-electron chi connectivity index (χ2n) is 4.02. The number of aromatic nitrogens is 1. The highest BCUT2D eigenvalue weighted by atomic mass is 32.1. The van der Waals surface area contributed by atoms with Gasteiger partial charge in [0.2, 0.25) is 0 Å². The van der Waals surface area contributed by atoms with Gasteiger partial charge in [-0.25, -0.2) is 4.98 Å². The maximum absolute atomic E-state index is 11.0. The summed E-state index contributed by atoms with van der Waals surface area (Å²) in [6, 6.07) is 7.73. The van der Waals surface area contributed by atoms with Gasteiger partial charge in [-0.05, 0) is 24.3 Å². The molecule has 1 N–H and O–H groups in total. The molecule has 0 saturated heterocycles. The normalized spacial score (nSPS) is 10.1. The molecule has 2 aromatic rings. The first-order valence-electron chi connectivity index (χ1n) is 6.13. The number of carbonyl (C=O) groups excluding carboxylic acids is 1. The second kappa shape index (κ2) is 6.91. The molecule has 0 spiro atoms. The fourth-order valence-electron chi connectivity index (χ4n) is 1.62. The van der Waals surface area contributed by atoms with E-state index in [4.69, 9.17) is 4.74 Å². The van der Waals surface area contributed by atoms with Crippen molar-refractivity contribution in [2.45, 2.75) is 6.42 Å². The molecule has 1 aromatic carbocycles. The molecule has 2 rings (SSSR count). The number of hydrogen-bond acceptors (Lipinski definition) is 6. The molecule has 0 fully saturated rings. The van der Waals surface area contributed by atoms with Crippen LogP contribution in [0.15, 0.2) is 29.6 Å². The van der Waals surface area contributed by atoms with Crippen LogP contribution >= 0.6 is 11.3 Å². The zero-order chi connectivity index (χ0) is 14.4. The molecule has 0 bridgehead atoms. The molecule has 1 aromatic heterocycles. The summed E-state index contributed by atoms with van der Waals surface area (Å²) >= 11 is 1.51. The summed E-state index contributed by atoms with van der Waals surface area (Å²) in [5, 5.41) is 5.87. The van der Waals surface area contributed by atoms with Gasteiger partial charge in [-0.15, -0.1) is 11.3 Å². The summed E-state index contributed by atoms with van der Waals surface area (Å²) in [5.41, 5.74) is 1.93. The Morgan fingerprint density at radius 2 is 2.05 bits per heavy atom. The first-order valence-corrected chi connectivity index (χ1v) is 7.01. The summed E-state index contributed by atoms with van der Waals surface area (Å²) in [5.74, 6) is 0.588. The zero-order valence-corrected chi connectivity index (χ0v) is 12.2. The van der Waals surface area contributed by atoms with E-state index in [0.717, 1.165) is 22.1 Å². The van der Waals surface area contributed by atoms with E-state index >= 15 is 0 Å². The van der Waals surface area contributed by atoms with Crippen LogP contribution in [0, 0.1) is 0 Å². The van der Waals surface area contributed by atoms with Crippen LogP contribution in [-0.4, -0.2) is 31.7 Å². The van der Waals surface area contributed by atoms with Gasteiger partial charge in [-0.2, -0.15) is 0 Å². The standard InChI is InChI=1S/C14H16N2O3S/c1-18-11-5-3-10(4-6-11)12-9-20-14(16-12)15-8-7-13(17)19-2/h3-6,9H,7-8H2,1-2H3,(H,15,16). The van der Waals surface area contributed by atoms with Crippen molar-refractivity contribution >= 4 is 22.4 Å². The van der Waals surface area contributed by atoms with E-state index < -0.39 is 0 Å². The van der Waals surface area contributed by atoms with Crippen LogP contribution in [0.1, 0.15) is 6.42 Å². The molecule has 0 atom stereocenters. The smallest absolute Gasteiger partial charge is 0.307 e. The van der Waals surface area contributed by atoms with Crippen LogP contribution in [0.3, 0.4) is 0 Å². The topological polar surface area (TPSA) is 60.5 Å². The highest BCUT2D eigenvalue weighted by Crippen LogP contribution is 2.26. The van der Waals surface area contributed by atoms with Gasteiger partial charge in [0, 0.05) is 17.5 Å². The number of anilines is 1. The quantitative estimate of drug-likeness (QED) is 0.830. The number of esters is 1. The van der Waals surface area contributed by atoms with Gasteiger partial charge in [0.25, 0.3) is 0 Å². The summed E-state index contributed by atoms with van der Waals surface area (Å²) in [6.07, 6.45) is 0.327. The molecule has 0 amide bonds. The second-order valence-corrected chi connectivity index (χ2v) is 4.88. The van der Waals surface area contributed by atoms with Gasteiger partial charge < -0.3 is 14.8 Å². The lowest BCUT2D eigenvalue weighted by Crippen LogP contribution is -2.09. The third kappa shape index (κ3) is 3.71. The van der Waals surface area contributed by atoms with Crippen LogP contribution in [0.25, 0.3) is 11.3 Å². The Bertz CT molecular complexity index is 566. The number of ether oxygens (including phenoxy) is 2. The number of methoxy groups -OCH3 is 2. The molecular formula is C14H16N2O3S. The zero-order valence-electron chi connectivity index (χ0n) is 11.4. The molecule has 5 nitrogen and oxygen atoms in total. The minimum Gasteiger partial charge on any atom is -0.497 e. The van der Waals surface area contributed by atoms with Crippen molar-refractivity contribution < 1.29 is 14.3 Å².